The Morgan fingerprint density at radius 1 is 0.968 bits per heavy atom. The van der Waals surface area contributed by atoms with E-state index in [9.17, 15) is 4.79 Å². The summed E-state index contributed by atoms with van der Waals surface area (Å²) in [4.78, 5) is 21.2. The van der Waals surface area contributed by atoms with Gasteiger partial charge in [0.15, 0.2) is 12.6 Å². The first-order chi connectivity index (χ1) is 15.2. The number of guanidine groups is 1. The first-order valence-electron chi connectivity index (χ1n) is 11.0. The van der Waals surface area contributed by atoms with Crippen molar-refractivity contribution in [2.24, 2.45) is 4.99 Å². The molecular formula is C24H33N5O2. The maximum Gasteiger partial charge on any atom is 0.257 e. The van der Waals surface area contributed by atoms with Gasteiger partial charge in [-0.3, -0.25) is 4.79 Å². The number of aliphatic imine (C=N–C) groups is 1. The Labute approximate surface area is 185 Å². The number of nitrogens with one attached hydrogen (secondary N) is 2. The van der Waals surface area contributed by atoms with Gasteiger partial charge in [-0.1, -0.05) is 30.3 Å². The first kappa shape index (κ1) is 22.5. The van der Waals surface area contributed by atoms with Gasteiger partial charge in [0.25, 0.3) is 5.91 Å². The van der Waals surface area contributed by atoms with Gasteiger partial charge in [0, 0.05) is 45.0 Å². The van der Waals surface area contributed by atoms with Crippen molar-refractivity contribution in [2.45, 2.75) is 20.4 Å². The summed E-state index contributed by atoms with van der Waals surface area (Å²) in [7, 11) is 0. The molecule has 7 nitrogen and oxygen atoms in total. The van der Waals surface area contributed by atoms with E-state index in [4.69, 9.17) is 9.73 Å². The van der Waals surface area contributed by atoms with Crippen molar-refractivity contribution in [3.8, 4) is 5.75 Å². The summed E-state index contributed by atoms with van der Waals surface area (Å²) in [5, 5.41) is 6.15. The minimum Gasteiger partial charge on any atom is -0.484 e. The van der Waals surface area contributed by atoms with E-state index in [2.05, 4.69) is 57.7 Å². The smallest absolute Gasteiger partial charge is 0.257 e. The molecule has 1 aliphatic rings. The average Bonchev–Trinajstić information content (AvgIpc) is 2.82. The predicted molar refractivity (Wildman–Crippen MR) is 126 cm³/mol. The maximum absolute atomic E-state index is 11.6. The molecule has 2 aromatic rings. The van der Waals surface area contributed by atoms with Gasteiger partial charge < -0.3 is 25.2 Å². The van der Waals surface area contributed by atoms with Crippen molar-refractivity contribution < 1.29 is 9.53 Å². The number of carbonyl (C=O) groups excluding carboxylic acids is 1. The monoisotopic (exact) mass is 423 g/mol. The Balaban J connectivity index is 1.57. The summed E-state index contributed by atoms with van der Waals surface area (Å²) in [6.45, 7) is 9.78. The lowest BCUT2D eigenvalue weighted by Gasteiger charge is -2.37. The first-order valence-corrected chi connectivity index (χ1v) is 11.0. The van der Waals surface area contributed by atoms with Gasteiger partial charge >= 0.3 is 0 Å². The van der Waals surface area contributed by atoms with E-state index in [1.165, 1.54) is 5.69 Å². The summed E-state index contributed by atoms with van der Waals surface area (Å²) < 4.78 is 5.59. The van der Waals surface area contributed by atoms with E-state index >= 15 is 0 Å². The van der Waals surface area contributed by atoms with Crippen LogP contribution >= 0.6 is 0 Å². The molecule has 1 amide bonds. The lowest BCUT2D eigenvalue weighted by atomic mass is 10.2. The van der Waals surface area contributed by atoms with Gasteiger partial charge in [-0.05, 0) is 43.7 Å². The molecule has 3 rings (SSSR count). The normalized spacial score (nSPS) is 14.3. The quantitative estimate of drug-likeness (QED) is 0.504. The van der Waals surface area contributed by atoms with E-state index in [0.717, 1.165) is 44.2 Å². The Morgan fingerprint density at radius 3 is 2.42 bits per heavy atom. The molecule has 0 radical (unpaired) electrons. The maximum atomic E-state index is 11.6. The zero-order valence-corrected chi connectivity index (χ0v) is 18.5. The van der Waals surface area contributed by atoms with Gasteiger partial charge in [0.2, 0.25) is 0 Å². The number of rotatable bonds is 8. The molecule has 0 saturated carbocycles. The van der Waals surface area contributed by atoms with Crippen LogP contribution in [0.2, 0.25) is 0 Å². The Morgan fingerprint density at radius 2 is 1.71 bits per heavy atom. The minimum atomic E-state index is -0.116. The second kappa shape index (κ2) is 11.8. The predicted octanol–water partition coefficient (Wildman–Crippen LogP) is 2.49. The highest BCUT2D eigenvalue weighted by Gasteiger charge is 2.19. The highest BCUT2D eigenvalue weighted by Crippen LogP contribution is 2.17. The molecule has 0 aliphatic carbocycles. The van der Waals surface area contributed by atoms with Crippen LogP contribution < -0.4 is 20.3 Å². The fourth-order valence-corrected chi connectivity index (χ4v) is 3.54. The zero-order valence-electron chi connectivity index (χ0n) is 18.5. The molecule has 7 heteroatoms. The third kappa shape index (κ3) is 6.91. The number of nitrogens with zero attached hydrogens (tertiary/aromatic N) is 3. The van der Waals surface area contributed by atoms with E-state index < -0.39 is 0 Å². The van der Waals surface area contributed by atoms with Gasteiger partial charge in [-0.15, -0.1) is 0 Å². The van der Waals surface area contributed by atoms with E-state index in [1.807, 2.05) is 31.2 Å². The van der Waals surface area contributed by atoms with Crippen LogP contribution in [0.15, 0.2) is 59.6 Å². The van der Waals surface area contributed by atoms with E-state index in [0.29, 0.717) is 18.8 Å². The number of piperazine rings is 1. The number of ether oxygens (including phenoxy) is 1. The summed E-state index contributed by atoms with van der Waals surface area (Å²) in [5.74, 6) is 1.50. The van der Waals surface area contributed by atoms with Crippen molar-refractivity contribution in [1.82, 2.24) is 15.5 Å². The third-order valence-electron chi connectivity index (χ3n) is 5.09. The highest BCUT2D eigenvalue weighted by molar-refractivity contribution is 5.80. The van der Waals surface area contributed by atoms with Crippen LogP contribution in [0.5, 0.6) is 5.75 Å². The molecule has 1 aliphatic heterocycles. The molecule has 2 N–H and O–H groups in total. The second-order valence-electron chi connectivity index (χ2n) is 7.37. The lowest BCUT2D eigenvalue weighted by Crippen LogP contribution is -2.52. The van der Waals surface area contributed by atoms with Gasteiger partial charge in [-0.25, -0.2) is 4.99 Å². The molecule has 166 valence electrons. The third-order valence-corrected chi connectivity index (χ3v) is 5.09. The molecule has 0 aromatic heterocycles. The number of likely N-dealkylation sites (N-methyl/N-ethyl adjacent to an activating group) is 1. The van der Waals surface area contributed by atoms with Crippen LogP contribution in [0.3, 0.4) is 0 Å². The Kier molecular flexibility index (Phi) is 8.58. The SMILES string of the molecule is CCNC(=O)COc1cccc(CN=C(NCC)N2CCN(c3ccccc3)CC2)c1. The minimum absolute atomic E-state index is 0.0227. The van der Waals surface area contributed by atoms with Crippen molar-refractivity contribution in [3.05, 3.63) is 60.2 Å². The number of anilines is 1. The van der Waals surface area contributed by atoms with Crippen LogP contribution in [0.4, 0.5) is 5.69 Å². The van der Waals surface area contributed by atoms with E-state index in [-0.39, 0.29) is 12.5 Å². The average molecular weight is 424 g/mol. The van der Waals surface area contributed by atoms with Crippen LogP contribution in [0.25, 0.3) is 0 Å². The summed E-state index contributed by atoms with van der Waals surface area (Å²) >= 11 is 0. The molecule has 1 fully saturated rings. The van der Waals surface area contributed by atoms with Crippen molar-refractivity contribution >= 4 is 17.6 Å². The molecule has 1 saturated heterocycles. The molecule has 0 atom stereocenters. The van der Waals surface area contributed by atoms with Gasteiger partial charge in [-0.2, -0.15) is 0 Å². The molecule has 2 aromatic carbocycles. The molecule has 31 heavy (non-hydrogen) atoms. The van der Waals surface area contributed by atoms with Crippen molar-refractivity contribution in [3.63, 3.8) is 0 Å². The molecular weight excluding hydrogens is 390 g/mol. The number of hydrogen-bond donors (Lipinski definition) is 2. The van der Waals surface area contributed by atoms with Crippen LogP contribution in [-0.2, 0) is 11.3 Å². The second-order valence-corrected chi connectivity index (χ2v) is 7.37. The fourth-order valence-electron chi connectivity index (χ4n) is 3.54. The van der Waals surface area contributed by atoms with Crippen LogP contribution in [0, 0.1) is 0 Å². The van der Waals surface area contributed by atoms with E-state index in [1.54, 1.807) is 0 Å². The number of amides is 1. The summed E-state index contributed by atoms with van der Waals surface area (Å²) in [5.41, 5.74) is 2.32. The number of para-hydroxylation sites is 1. The molecule has 1 heterocycles. The molecule has 0 spiro atoms. The van der Waals surface area contributed by atoms with Crippen molar-refractivity contribution in [1.29, 1.82) is 0 Å². The summed E-state index contributed by atoms with van der Waals surface area (Å²) in [6.07, 6.45) is 0. The Hall–Kier alpha value is -3.22. The molecule has 0 unspecified atom stereocenters. The number of carbonyl (C=O) groups is 1. The van der Waals surface area contributed by atoms with Crippen molar-refractivity contribution in [2.75, 3.05) is 50.8 Å². The Bertz CT molecular complexity index is 848. The van der Waals surface area contributed by atoms with Gasteiger partial charge in [0.05, 0.1) is 6.54 Å². The topological polar surface area (TPSA) is 69.2 Å². The number of benzene rings is 2. The van der Waals surface area contributed by atoms with Crippen LogP contribution in [-0.4, -0.2) is 62.6 Å². The summed E-state index contributed by atoms with van der Waals surface area (Å²) in [6, 6.07) is 18.3. The fraction of sp³-hybridized carbons (Fsp3) is 0.417. The number of hydrogen-bond acceptors (Lipinski definition) is 4. The lowest BCUT2D eigenvalue weighted by molar-refractivity contribution is -0.122. The molecule has 0 bridgehead atoms. The zero-order chi connectivity index (χ0) is 21.9. The standard InChI is InChI=1S/C24H33N5O2/c1-3-25-23(30)19-31-22-12-8-9-20(17-22)18-27-24(26-4-2)29-15-13-28(14-16-29)21-10-6-5-7-11-21/h5-12,17H,3-4,13-16,18-19H2,1-2H3,(H,25,30)(H,26,27). The largest absolute Gasteiger partial charge is 0.484 e. The van der Waals surface area contributed by atoms with Crippen LogP contribution in [0.1, 0.15) is 19.4 Å². The highest BCUT2D eigenvalue weighted by atomic mass is 16.5. The van der Waals surface area contributed by atoms with Gasteiger partial charge in [0.1, 0.15) is 5.75 Å².